The van der Waals surface area contributed by atoms with Gasteiger partial charge in [0.1, 0.15) is 0 Å². The Bertz CT molecular complexity index is 1140. The zero-order valence-electron chi connectivity index (χ0n) is 21.7. The number of benzene rings is 2. The molecule has 0 bridgehead atoms. The third-order valence-electron chi connectivity index (χ3n) is 6.14. The second-order valence-electron chi connectivity index (χ2n) is 9.65. The lowest BCUT2D eigenvalue weighted by atomic mass is 10.1. The van der Waals surface area contributed by atoms with Gasteiger partial charge in [0.25, 0.3) is 5.91 Å². The summed E-state index contributed by atoms with van der Waals surface area (Å²) in [6.45, 7) is 7.35. The van der Waals surface area contributed by atoms with E-state index in [0.29, 0.717) is 12.6 Å². The fourth-order valence-corrected chi connectivity index (χ4v) is 4.21. The van der Waals surface area contributed by atoms with Crippen molar-refractivity contribution in [1.82, 2.24) is 20.9 Å². The molecule has 1 heterocycles. The fraction of sp³-hybridized carbons (Fsp3) is 0.444. The van der Waals surface area contributed by atoms with Gasteiger partial charge in [-0.15, -0.1) is 0 Å². The number of rotatable bonds is 9. The Balaban J connectivity index is 1.56. The van der Waals surface area contributed by atoms with Crippen LogP contribution in [0.1, 0.15) is 54.2 Å². The molecule has 0 aromatic heterocycles. The minimum atomic E-state index is -4.68. The summed E-state index contributed by atoms with van der Waals surface area (Å²) in [4.78, 5) is 39.5. The van der Waals surface area contributed by atoms with E-state index in [9.17, 15) is 27.6 Å². The van der Waals surface area contributed by atoms with Gasteiger partial charge in [-0.3, -0.25) is 14.5 Å². The SMILES string of the molecule is CCc1ccc(CN2CCC(NC(=O)CNC(=O)c3cc(C(F)(F)F)ccc3NC(=O)NC(C)C)C2)cc1. The number of urea groups is 1. The number of anilines is 1. The molecule has 2 aromatic rings. The van der Waals surface area contributed by atoms with Crippen LogP contribution in [0.15, 0.2) is 42.5 Å². The summed E-state index contributed by atoms with van der Waals surface area (Å²) >= 11 is 0. The van der Waals surface area contributed by atoms with Crippen molar-refractivity contribution >= 4 is 23.5 Å². The van der Waals surface area contributed by atoms with Crippen LogP contribution in [0.3, 0.4) is 0 Å². The first-order valence-corrected chi connectivity index (χ1v) is 12.6. The number of halogens is 3. The number of aryl methyl sites for hydroxylation is 1. The highest BCUT2D eigenvalue weighted by atomic mass is 19.4. The van der Waals surface area contributed by atoms with E-state index >= 15 is 0 Å². The van der Waals surface area contributed by atoms with E-state index in [0.717, 1.165) is 38.1 Å². The molecule has 38 heavy (non-hydrogen) atoms. The van der Waals surface area contributed by atoms with Crippen LogP contribution >= 0.6 is 0 Å². The second kappa shape index (κ2) is 12.8. The monoisotopic (exact) mass is 533 g/mol. The molecule has 0 saturated carbocycles. The van der Waals surface area contributed by atoms with E-state index < -0.39 is 41.7 Å². The van der Waals surface area contributed by atoms with E-state index in [4.69, 9.17) is 0 Å². The normalized spacial score (nSPS) is 15.8. The number of alkyl halides is 3. The molecule has 1 aliphatic heterocycles. The third kappa shape index (κ3) is 8.47. The van der Waals surface area contributed by atoms with Gasteiger partial charge >= 0.3 is 12.2 Å². The Morgan fingerprint density at radius 2 is 1.74 bits per heavy atom. The molecule has 4 N–H and O–H groups in total. The Kier molecular flexibility index (Phi) is 9.73. The smallest absolute Gasteiger partial charge is 0.350 e. The van der Waals surface area contributed by atoms with Crippen molar-refractivity contribution < 1.29 is 27.6 Å². The Morgan fingerprint density at radius 1 is 1.05 bits per heavy atom. The zero-order valence-corrected chi connectivity index (χ0v) is 21.7. The topological polar surface area (TPSA) is 103 Å². The molecule has 0 aliphatic carbocycles. The predicted octanol–water partition coefficient (Wildman–Crippen LogP) is 3.92. The summed E-state index contributed by atoms with van der Waals surface area (Å²) in [7, 11) is 0. The molecular formula is C27H34F3N5O3. The first-order valence-electron chi connectivity index (χ1n) is 12.6. The van der Waals surface area contributed by atoms with Crippen molar-refractivity contribution in [3.8, 4) is 0 Å². The average molecular weight is 534 g/mol. The van der Waals surface area contributed by atoms with Crippen LogP contribution in [0, 0.1) is 0 Å². The van der Waals surface area contributed by atoms with Crippen molar-refractivity contribution in [2.45, 2.75) is 58.4 Å². The number of nitrogens with one attached hydrogen (secondary N) is 4. The molecule has 11 heteroatoms. The largest absolute Gasteiger partial charge is 0.416 e. The van der Waals surface area contributed by atoms with E-state index in [2.05, 4.69) is 57.4 Å². The lowest BCUT2D eigenvalue weighted by Gasteiger charge is -2.18. The van der Waals surface area contributed by atoms with Gasteiger partial charge < -0.3 is 21.3 Å². The van der Waals surface area contributed by atoms with Gasteiger partial charge in [0.05, 0.1) is 23.4 Å². The zero-order chi connectivity index (χ0) is 27.9. The first kappa shape index (κ1) is 29.0. The molecule has 4 amide bonds. The summed E-state index contributed by atoms with van der Waals surface area (Å²) in [5.41, 5.74) is 0.917. The van der Waals surface area contributed by atoms with Crippen molar-refractivity contribution in [3.63, 3.8) is 0 Å². The quantitative estimate of drug-likeness (QED) is 0.393. The van der Waals surface area contributed by atoms with Crippen molar-refractivity contribution in [3.05, 3.63) is 64.7 Å². The summed E-state index contributed by atoms with van der Waals surface area (Å²) in [5, 5.41) is 10.2. The maximum absolute atomic E-state index is 13.2. The van der Waals surface area contributed by atoms with E-state index in [1.807, 2.05) is 0 Å². The van der Waals surface area contributed by atoms with E-state index in [-0.39, 0.29) is 17.8 Å². The molecule has 0 spiro atoms. The number of nitrogens with zero attached hydrogens (tertiary/aromatic N) is 1. The molecule has 0 radical (unpaired) electrons. The number of likely N-dealkylation sites (tertiary alicyclic amines) is 1. The number of hydrogen-bond acceptors (Lipinski definition) is 4. The number of carbonyl (C=O) groups is 3. The molecule has 8 nitrogen and oxygen atoms in total. The summed E-state index contributed by atoms with van der Waals surface area (Å²) in [5.74, 6) is -1.36. The number of carbonyl (C=O) groups excluding carboxylic acids is 3. The molecule has 3 rings (SSSR count). The van der Waals surface area contributed by atoms with Gasteiger partial charge in [-0.2, -0.15) is 13.2 Å². The summed E-state index contributed by atoms with van der Waals surface area (Å²) in [6, 6.07) is 9.87. The minimum absolute atomic E-state index is 0.0974. The Hall–Kier alpha value is -3.60. The van der Waals surface area contributed by atoms with Crippen LogP contribution in [-0.2, 0) is 23.9 Å². The molecule has 1 fully saturated rings. The van der Waals surface area contributed by atoms with Crippen LogP contribution in [0.2, 0.25) is 0 Å². The van der Waals surface area contributed by atoms with Crippen LogP contribution in [0.5, 0.6) is 0 Å². The lowest BCUT2D eigenvalue weighted by molar-refractivity contribution is -0.137. The molecule has 2 aromatic carbocycles. The van der Waals surface area contributed by atoms with Crippen molar-refractivity contribution in [2.75, 3.05) is 25.0 Å². The summed E-state index contributed by atoms with van der Waals surface area (Å²) in [6.07, 6.45) is -2.95. The van der Waals surface area contributed by atoms with Crippen LogP contribution < -0.4 is 21.3 Å². The van der Waals surface area contributed by atoms with Crippen molar-refractivity contribution in [1.29, 1.82) is 0 Å². The molecule has 1 saturated heterocycles. The van der Waals surface area contributed by atoms with Crippen LogP contribution in [0.4, 0.5) is 23.7 Å². The fourth-order valence-electron chi connectivity index (χ4n) is 4.21. The van der Waals surface area contributed by atoms with E-state index in [1.54, 1.807) is 13.8 Å². The highest BCUT2D eigenvalue weighted by molar-refractivity contribution is 6.04. The first-order chi connectivity index (χ1) is 17.9. The van der Waals surface area contributed by atoms with Gasteiger partial charge in [-0.1, -0.05) is 31.2 Å². The number of hydrogen-bond donors (Lipinski definition) is 4. The van der Waals surface area contributed by atoms with Crippen LogP contribution in [-0.4, -0.2) is 54.5 Å². The van der Waals surface area contributed by atoms with Gasteiger partial charge in [-0.05, 0) is 56.0 Å². The maximum Gasteiger partial charge on any atom is 0.416 e. The Morgan fingerprint density at radius 3 is 2.37 bits per heavy atom. The third-order valence-corrected chi connectivity index (χ3v) is 6.14. The number of amides is 4. The standard InChI is InChI=1S/C27H34F3N5O3/c1-4-18-5-7-19(8-6-18)15-35-12-11-21(16-35)33-24(36)14-31-25(37)22-13-20(27(28,29)30)9-10-23(22)34-26(38)32-17(2)3/h5-10,13,17,21H,4,11-12,14-16H2,1-3H3,(H,31,37)(H,33,36)(H2,32,34,38). The van der Waals surface area contributed by atoms with Gasteiger partial charge in [-0.25, -0.2) is 4.79 Å². The van der Waals surface area contributed by atoms with Crippen molar-refractivity contribution in [2.24, 2.45) is 0 Å². The molecule has 206 valence electrons. The second-order valence-corrected chi connectivity index (χ2v) is 9.65. The highest BCUT2D eigenvalue weighted by Gasteiger charge is 2.32. The molecular weight excluding hydrogens is 499 g/mol. The lowest BCUT2D eigenvalue weighted by Crippen LogP contribution is -2.43. The van der Waals surface area contributed by atoms with Crippen LogP contribution in [0.25, 0.3) is 0 Å². The van der Waals surface area contributed by atoms with Gasteiger partial charge in [0, 0.05) is 31.7 Å². The average Bonchev–Trinajstić information content (AvgIpc) is 3.28. The molecule has 1 aliphatic rings. The molecule has 1 unspecified atom stereocenters. The Labute approximate surface area is 220 Å². The maximum atomic E-state index is 13.2. The minimum Gasteiger partial charge on any atom is -0.350 e. The molecule has 1 atom stereocenters. The summed E-state index contributed by atoms with van der Waals surface area (Å²) < 4.78 is 39.7. The van der Waals surface area contributed by atoms with Gasteiger partial charge in [0.2, 0.25) is 5.91 Å². The highest BCUT2D eigenvalue weighted by Crippen LogP contribution is 2.32. The van der Waals surface area contributed by atoms with Gasteiger partial charge in [0.15, 0.2) is 0 Å². The van der Waals surface area contributed by atoms with E-state index in [1.165, 1.54) is 11.1 Å². The predicted molar refractivity (Wildman–Crippen MR) is 139 cm³/mol.